The Bertz CT molecular complexity index is 780. The number of hydrogen-bond donors (Lipinski definition) is 0. The fourth-order valence-electron chi connectivity index (χ4n) is 2.77. The van der Waals surface area contributed by atoms with E-state index in [4.69, 9.17) is 16.3 Å². The number of nitrogens with zero attached hydrogens (tertiary/aromatic N) is 2. The maximum atomic E-state index is 12.5. The number of carbonyl (C=O) groups is 2. The molecule has 0 fully saturated rings. The summed E-state index contributed by atoms with van der Waals surface area (Å²) in [7, 11) is 0. The number of halogens is 1. The minimum atomic E-state index is -0.576. The average molecular weight is 377 g/mol. The highest BCUT2D eigenvalue weighted by Gasteiger charge is 2.20. The molecule has 0 N–H and O–H groups in total. The molecule has 0 bridgehead atoms. The summed E-state index contributed by atoms with van der Waals surface area (Å²) in [4.78, 5) is 30.9. The first-order valence-corrected chi connectivity index (χ1v) is 9.16. The maximum absolute atomic E-state index is 12.5. The lowest BCUT2D eigenvalue weighted by Crippen LogP contribution is -2.39. The molecule has 1 aromatic carbocycles. The van der Waals surface area contributed by atoms with E-state index in [9.17, 15) is 9.59 Å². The van der Waals surface area contributed by atoms with Crippen LogP contribution in [0.4, 0.5) is 0 Å². The molecule has 0 unspecified atom stereocenters. The molecule has 0 spiro atoms. The molecule has 0 atom stereocenters. The SMILES string of the molecule is CC(C)CN(CC(C)C)C(=O)COC(=O)c1cc(Cl)nc2ccccc12. The summed E-state index contributed by atoms with van der Waals surface area (Å²) in [6.45, 7) is 9.20. The molecule has 2 rings (SSSR count). The van der Waals surface area contributed by atoms with Crippen LogP contribution < -0.4 is 0 Å². The molecule has 0 saturated carbocycles. The van der Waals surface area contributed by atoms with Crippen molar-refractivity contribution in [2.45, 2.75) is 27.7 Å². The van der Waals surface area contributed by atoms with Gasteiger partial charge in [0.2, 0.25) is 0 Å². The zero-order chi connectivity index (χ0) is 19.3. The van der Waals surface area contributed by atoms with Crippen molar-refractivity contribution < 1.29 is 14.3 Å². The lowest BCUT2D eigenvalue weighted by molar-refractivity contribution is -0.135. The fourth-order valence-corrected chi connectivity index (χ4v) is 2.97. The van der Waals surface area contributed by atoms with E-state index in [0.29, 0.717) is 41.4 Å². The van der Waals surface area contributed by atoms with Gasteiger partial charge >= 0.3 is 5.97 Å². The van der Waals surface area contributed by atoms with Gasteiger partial charge in [0.05, 0.1) is 11.1 Å². The monoisotopic (exact) mass is 376 g/mol. The number of hydrogen-bond acceptors (Lipinski definition) is 4. The molecule has 5 nitrogen and oxygen atoms in total. The molecule has 140 valence electrons. The van der Waals surface area contributed by atoms with Crippen molar-refractivity contribution in [3.05, 3.63) is 41.0 Å². The molecule has 1 amide bonds. The van der Waals surface area contributed by atoms with Crippen molar-refractivity contribution in [3.8, 4) is 0 Å². The van der Waals surface area contributed by atoms with Crippen molar-refractivity contribution >= 4 is 34.4 Å². The number of pyridine rings is 1. The van der Waals surface area contributed by atoms with E-state index in [1.165, 1.54) is 6.07 Å². The van der Waals surface area contributed by atoms with Crippen LogP contribution in [0.25, 0.3) is 10.9 Å². The second-order valence-electron chi connectivity index (χ2n) is 7.17. The normalized spacial score (nSPS) is 11.2. The van der Waals surface area contributed by atoms with Gasteiger partial charge < -0.3 is 9.64 Å². The molecule has 0 aliphatic heterocycles. The molecule has 26 heavy (non-hydrogen) atoms. The number of ether oxygens (including phenoxy) is 1. The van der Waals surface area contributed by atoms with Crippen molar-refractivity contribution in [3.63, 3.8) is 0 Å². The number of esters is 1. The Kier molecular flexibility index (Phi) is 6.98. The highest BCUT2D eigenvalue weighted by atomic mass is 35.5. The van der Waals surface area contributed by atoms with Gasteiger partial charge in [0, 0.05) is 18.5 Å². The number of amides is 1. The van der Waals surface area contributed by atoms with E-state index >= 15 is 0 Å². The lowest BCUT2D eigenvalue weighted by Gasteiger charge is -2.26. The lowest BCUT2D eigenvalue weighted by atomic mass is 10.1. The van der Waals surface area contributed by atoms with Gasteiger partial charge in [0.15, 0.2) is 6.61 Å². The third-order valence-electron chi connectivity index (χ3n) is 3.76. The third kappa shape index (κ3) is 5.43. The number of fused-ring (bicyclic) bond motifs is 1. The van der Waals surface area contributed by atoms with Crippen LogP contribution >= 0.6 is 11.6 Å². The molecule has 1 aromatic heterocycles. The standard InChI is InChI=1S/C20H25ClN2O3/c1-13(2)10-23(11-14(3)4)19(24)12-26-20(25)16-9-18(21)22-17-8-6-5-7-15(16)17/h5-9,13-14H,10-12H2,1-4H3. The van der Waals surface area contributed by atoms with Gasteiger partial charge in [-0.15, -0.1) is 0 Å². The van der Waals surface area contributed by atoms with E-state index in [2.05, 4.69) is 32.7 Å². The number of rotatable bonds is 7. The Labute approximate surface area is 159 Å². The summed E-state index contributed by atoms with van der Waals surface area (Å²) < 4.78 is 5.28. The van der Waals surface area contributed by atoms with Crippen molar-refractivity contribution in [2.24, 2.45) is 11.8 Å². The molecule has 0 saturated heterocycles. The average Bonchev–Trinajstić information content (AvgIpc) is 2.57. The minimum absolute atomic E-state index is 0.190. The highest BCUT2D eigenvalue weighted by Crippen LogP contribution is 2.21. The molecule has 0 aliphatic carbocycles. The first-order chi connectivity index (χ1) is 12.3. The summed E-state index contributed by atoms with van der Waals surface area (Å²) in [5, 5.41) is 0.860. The molecule has 2 aromatic rings. The van der Waals surface area contributed by atoms with Crippen LogP contribution in [0.1, 0.15) is 38.1 Å². The predicted octanol–water partition coefficient (Wildman–Crippen LogP) is 4.19. The molecule has 1 heterocycles. The van der Waals surface area contributed by atoms with Crippen molar-refractivity contribution in [2.75, 3.05) is 19.7 Å². The summed E-state index contributed by atoms with van der Waals surface area (Å²) >= 11 is 6.00. The second-order valence-corrected chi connectivity index (χ2v) is 7.56. The Morgan fingerprint density at radius 1 is 1.12 bits per heavy atom. The Balaban J connectivity index is 2.11. The van der Waals surface area contributed by atoms with Gasteiger partial charge in [-0.3, -0.25) is 4.79 Å². The van der Waals surface area contributed by atoms with Crippen molar-refractivity contribution in [1.29, 1.82) is 0 Å². The summed E-state index contributed by atoms with van der Waals surface area (Å²) in [6, 6.07) is 8.65. The predicted molar refractivity (Wildman–Crippen MR) is 103 cm³/mol. The third-order valence-corrected chi connectivity index (χ3v) is 3.95. The minimum Gasteiger partial charge on any atom is -0.452 e. The van der Waals surface area contributed by atoms with Crippen LogP contribution in [0.2, 0.25) is 5.15 Å². The largest absolute Gasteiger partial charge is 0.452 e. The quantitative estimate of drug-likeness (QED) is 0.537. The highest BCUT2D eigenvalue weighted by molar-refractivity contribution is 6.30. The van der Waals surface area contributed by atoms with Crippen LogP contribution in [0.5, 0.6) is 0 Å². The second kappa shape index (κ2) is 8.99. The van der Waals surface area contributed by atoms with Gasteiger partial charge in [0.1, 0.15) is 5.15 Å². The Morgan fingerprint density at radius 2 is 1.73 bits per heavy atom. The molecule has 0 radical (unpaired) electrons. The first kappa shape index (κ1) is 20.2. The van der Waals surface area contributed by atoms with Gasteiger partial charge in [0.25, 0.3) is 5.91 Å². The Hall–Kier alpha value is -2.14. The van der Waals surface area contributed by atoms with Crippen LogP contribution in [-0.4, -0.2) is 41.5 Å². The zero-order valence-corrected chi connectivity index (χ0v) is 16.4. The summed E-state index contributed by atoms with van der Waals surface area (Å²) in [5.74, 6) is -0.0780. The van der Waals surface area contributed by atoms with Crippen LogP contribution in [0, 0.1) is 11.8 Å². The van der Waals surface area contributed by atoms with Gasteiger partial charge in [-0.25, -0.2) is 9.78 Å². The number of benzene rings is 1. The molecular formula is C20H25ClN2O3. The van der Waals surface area contributed by atoms with E-state index < -0.39 is 5.97 Å². The fraction of sp³-hybridized carbons (Fsp3) is 0.450. The van der Waals surface area contributed by atoms with E-state index in [1.54, 1.807) is 17.0 Å². The zero-order valence-electron chi connectivity index (χ0n) is 15.7. The first-order valence-electron chi connectivity index (χ1n) is 8.78. The van der Waals surface area contributed by atoms with Gasteiger partial charge in [-0.05, 0) is 24.0 Å². The van der Waals surface area contributed by atoms with E-state index in [-0.39, 0.29) is 17.7 Å². The topological polar surface area (TPSA) is 59.5 Å². The number of para-hydroxylation sites is 1. The summed E-state index contributed by atoms with van der Waals surface area (Å²) in [6.07, 6.45) is 0. The van der Waals surface area contributed by atoms with Crippen LogP contribution in [0.3, 0.4) is 0 Å². The van der Waals surface area contributed by atoms with E-state index in [1.807, 2.05) is 12.1 Å². The molecular weight excluding hydrogens is 352 g/mol. The smallest absolute Gasteiger partial charge is 0.339 e. The van der Waals surface area contributed by atoms with E-state index in [0.717, 1.165) is 0 Å². The number of carbonyl (C=O) groups excluding carboxylic acids is 2. The van der Waals surface area contributed by atoms with Gasteiger partial charge in [-0.1, -0.05) is 57.5 Å². The van der Waals surface area contributed by atoms with Crippen LogP contribution in [-0.2, 0) is 9.53 Å². The molecule has 6 heteroatoms. The Morgan fingerprint density at radius 3 is 2.35 bits per heavy atom. The van der Waals surface area contributed by atoms with Gasteiger partial charge in [-0.2, -0.15) is 0 Å². The van der Waals surface area contributed by atoms with Crippen LogP contribution in [0.15, 0.2) is 30.3 Å². The van der Waals surface area contributed by atoms with Crippen molar-refractivity contribution in [1.82, 2.24) is 9.88 Å². The maximum Gasteiger partial charge on any atom is 0.339 e. The number of aromatic nitrogens is 1. The summed E-state index contributed by atoms with van der Waals surface area (Å²) in [5.41, 5.74) is 0.923. The molecule has 0 aliphatic rings.